The van der Waals surface area contributed by atoms with Gasteiger partial charge in [-0.1, -0.05) is 13.3 Å². The van der Waals surface area contributed by atoms with E-state index in [0.29, 0.717) is 13.0 Å². The van der Waals surface area contributed by atoms with E-state index in [1.807, 2.05) is 6.92 Å². The smallest absolute Gasteiger partial charge is 0.390 e. The topological polar surface area (TPSA) is 93.8 Å². The molecule has 7 heteroatoms. The molecule has 1 heterocycles. The van der Waals surface area contributed by atoms with E-state index in [-0.39, 0.29) is 12.4 Å². The highest BCUT2D eigenvalue weighted by molar-refractivity contribution is 6.04. The zero-order chi connectivity index (χ0) is 12.7. The van der Waals surface area contributed by atoms with Crippen LogP contribution in [-0.4, -0.2) is 35.9 Å². The summed E-state index contributed by atoms with van der Waals surface area (Å²) in [6.07, 6.45) is 4.77. The summed E-state index contributed by atoms with van der Waals surface area (Å²) < 4.78 is 4.83. The molecule has 0 saturated heterocycles. The van der Waals surface area contributed by atoms with Crippen LogP contribution >= 0.6 is 0 Å². The molecule has 0 spiro atoms. The molecular weight excluding hydrogens is 226 g/mol. The molecule has 1 atom stereocenters. The van der Waals surface area contributed by atoms with E-state index in [0.717, 1.165) is 6.42 Å². The quantitative estimate of drug-likeness (QED) is 0.316. The number of hydrogen-bond donors (Lipinski definition) is 1. The van der Waals surface area contributed by atoms with E-state index >= 15 is 0 Å². The molecule has 0 fully saturated rings. The Labute approximate surface area is 98.7 Å². The van der Waals surface area contributed by atoms with Crippen molar-refractivity contribution in [3.63, 3.8) is 0 Å². The number of aliphatic imine (C=N–C) groups is 1. The summed E-state index contributed by atoms with van der Waals surface area (Å²) in [5.74, 6) is -0.844. The Morgan fingerprint density at radius 1 is 1.76 bits per heavy atom. The van der Waals surface area contributed by atoms with Gasteiger partial charge in [-0.2, -0.15) is 0 Å². The standard InChI is InChI=1S/C10H15N3O4/c1-2-3-7-17-10(14)8(13(15)16)9-11-5-4-6-12-9/h4-5,8H,2-3,6-7H2,1H3,(H,11,12). The molecule has 94 valence electrons. The van der Waals surface area contributed by atoms with Crippen molar-refractivity contribution in [2.45, 2.75) is 25.8 Å². The Hall–Kier alpha value is -1.92. The van der Waals surface area contributed by atoms with Gasteiger partial charge < -0.3 is 10.1 Å². The number of rotatable bonds is 6. The summed E-state index contributed by atoms with van der Waals surface area (Å²) in [5.41, 5.74) is 0. The second kappa shape index (κ2) is 6.62. The number of carbonyl (C=O) groups is 1. The summed E-state index contributed by atoms with van der Waals surface area (Å²) in [7, 11) is 0. The van der Waals surface area contributed by atoms with Crippen molar-refractivity contribution in [2.24, 2.45) is 4.99 Å². The van der Waals surface area contributed by atoms with Crippen molar-refractivity contribution in [1.82, 2.24) is 5.32 Å². The molecular formula is C10H15N3O4. The Bertz CT molecular complexity index is 351. The highest BCUT2D eigenvalue weighted by atomic mass is 16.6. The van der Waals surface area contributed by atoms with Crippen LogP contribution in [0.4, 0.5) is 0 Å². The van der Waals surface area contributed by atoms with Crippen molar-refractivity contribution in [1.29, 1.82) is 0 Å². The minimum atomic E-state index is -1.56. The van der Waals surface area contributed by atoms with Crippen molar-refractivity contribution in [3.05, 3.63) is 22.4 Å². The van der Waals surface area contributed by atoms with Gasteiger partial charge in [0.2, 0.25) is 0 Å². The number of esters is 1. The van der Waals surface area contributed by atoms with Crippen LogP contribution in [0, 0.1) is 10.1 Å². The maximum Gasteiger partial charge on any atom is 0.390 e. The van der Waals surface area contributed by atoms with Crippen LogP contribution in [0.2, 0.25) is 0 Å². The maximum atomic E-state index is 11.5. The summed E-state index contributed by atoms with van der Waals surface area (Å²) >= 11 is 0. The number of unbranched alkanes of at least 4 members (excludes halogenated alkanes) is 1. The van der Waals surface area contributed by atoms with Gasteiger partial charge in [-0.15, -0.1) is 0 Å². The molecule has 0 amide bonds. The van der Waals surface area contributed by atoms with Crippen molar-refractivity contribution < 1.29 is 14.5 Å². The zero-order valence-electron chi connectivity index (χ0n) is 9.59. The Balaban J connectivity index is 2.62. The van der Waals surface area contributed by atoms with Crippen molar-refractivity contribution >= 4 is 11.8 Å². The molecule has 0 aromatic rings. The van der Waals surface area contributed by atoms with E-state index in [2.05, 4.69) is 10.3 Å². The van der Waals surface area contributed by atoms with E-state index < -0.39 is 16.9 Å². The Morgan fingerprint density at radius 2 is 2.53 bits per heavy atom. The third kappa shape index (κ3) is 3.86. The van der Waals surface area contributed by atoms with Gasteiger partial charge in [0.15, 0.2) is 5.84 Å². The normalized spacial score (nSPS) is 15.7. The molecule has 1 aliphatic heterocycles. The first-order chi connectivity index (χ1) is 8.16. The number of carbonyl (C=O) groups excluding carboxylic acids is 1. The highest BCUT2D eigenvalue weighted by Crippen LogP contribution is 2.01. The summed E-state index contributed by atoms with van der Waals surface area (Å²) in [6, 6.07) is -1.56. The third-order valence-corrected chi connectivity index (χ3v) is 2.15. The minimum absolute atomic E-state index is 0.0269. The lowest BCUT2D eigenvalue weighted by molar-refractivity contribution is -0.492. The SMILES string of the molecule is CCCCOC(=O)C(C1=NCC=CN1)[N+](=O)[O-]. The predicted octanol–water partition coefficient (Wildman–Crippen LogP) is 0.490. The van der Waals surface area contributed by atoms with Crippen LogP contribution in [0.1, 0.15) is 19.8 Å². The lowest BCUT2D eigenvalue weighted by atomic mass is 10.2. The summed E-state index contributed by atoms with van der Waals surface area (Å²) in [5, 5.41) is 13.4. The molecule has 0 radical (unpaired) electrons. The Morgan fingerprint density at radius 3 is 3.06 bits per heavy atom. The first kappa shape index (κ1) is 13.1. The molecule has 1 rings (SSSR count). The zero-order valence-corrected chi connectivity index (χ0v) is 9.59. The first-order valence-corrected chi connectivity index (χ1v) is 5.42. The minimum Gasteiger partial charge on any atom is -0.460 e. The average Bonchev–Trinajstić information content (AvgIpc) is 2.30. The van der Waals surface area contributed by atoms with Crippen LogP contribution < -0.4 is 5.32 Å². The summed E-state index contributed by atoms with van der Waals surface area (Å²) in [6.45, 7) is 2.47. The fourth-order valence-electron chi connectivity index (χ4n) is 1.25. The predicted molar refractivity (Wildman–Crippen MR) is 61.2 cm³/mol. The molecule has 1 unspecified atom stereocenters. The number of ether oxygens (including phenoxy) is 1. The summed E-state index contributed by atoms with van der Waals surface area (Å²) in [4.78, 5) is 25.6. The first-order valence-electron chi connectivity index (χ1n) is 5.42. The third-order valence-electron chi connectivity index (χ3n) is 2.15. The highest BCUT2D eigenvalue weighted by Gasteiger charge is 2.37. The van der Waals surface area contributed by atoms with Crippen LogP contribution in [0.15, 0.2) is 17.3 Å². The fraction of sp³-hybridized carbons (Fsp3) is 0.600. The molecule has 0 bridgehead atoms. The average molecular weight is 241 g/mol. The van der Waals surface area contributed by atoms with Crippen LogP contribution in [0.5, 0.6) is 0 Å². The molecule has 17 heavy (non-hydrogen) atoms. The van der Waals surface area contributed by atoms with Gasteiger partial charge in [-0.3, -0.25) is 15.1 Å². The molecule has 7 nitrogen and oxygen atoms in total. The second-order valence-electron chi connectivity index (χ2n) is 3.48. The molecule has 0 aliphatic carbocycles. The van der Waals surface area contributed by atoms with E-state index in [1.54, 1.807) is 6.08 Å². The number of hydrogen-bond acceptors (Lipinski definition) is 6. The molecule has 0 saturated carbocycles. The number of nitrogens with zero attached hydrogens (tertiary/aromatic N) is 2. The molecule has 1 N–H and O–H groups in total. The molecule has 0 aromatic heterocycles. The number of amidine groups is 1. The van der Waals surface area contributed by atoms with Gasteiger partial charge >= 0.3 is 12.0 Å². The molecule has 0 aromatic carbocycles. The van der Waals surface area contributed by atoms with Gasteiger partial charge in [0, 0.05) is 11.1 Å². The van der Waals surface area contributed by atoms with Gasteiger partial charge in [-0.25, -0.2) is 4.79 Å². The fourth-order valence-corrected chi connectivity index (χ4v) is 1.25. The van der Waals surface area contributed by atoms with E-state index in [4.69, 9.17) is 4.74 Å². The Kier molecular flexibility index (Phi) is 5.12. The maximum absolute atomic E-state index is 11.5. The lowest BCUT2D eigenvalue weighted by Gasteiger charge is -2.13. The lowest BCUT2D eigenvalue weighted by Crippen LogP contribution is -2.45. The van der Waals surface area contributed by atoms with Gasteiger partial charge in [0.1, 0.15) is 0 Å². The van der Waals surface area contributed by atoms with Crippen molar-refractivity contribution in [2.75, 3.05) is 13.2 Å². The largest absolute Gasteiger partial charge is 0.460 e. The van der Waals surface area contributed by atoms with Crippen LogP contribution in [0.3, 0.4) is 0 Å². The number of nitro groups is 1. The van der Waals surface area contributed by atoms with Crippen LogP contribution in [0.25, 0.3) is 0 Å². The van der Waals surface area contributed by atoms with E-state index in [1.165, 1.54) is 6.20 Å². The molecule has 1 aliphatic rings. The number of nitrogens with one attached hydrogen (secondary N) is 1. The van der Waals surface area contributed by atoms with E-state index in [9.17, 15) is 14.9 Å². The van der Waals surface area contributed by atoms with Gasteiger partial charge in [-0.05, 0) is 12.5 Å². The monoisotopic (exact) mass is 241 g/mol. The van der Waals surface area contributed by atoms with Crippen LogP contribution in [-0.2, 0) is 9.53 Å². The van der Waals surface area contributed by atoms with Gasteiger partial charge in [0.05, 0.1) is 13.2 Å². The van der Waals surface area contributed by atoms with Gasteiger partial charge in [0.25, 0.3) is 0 Å². The second-order valence-corrected chi connectivity index (χ2v) is 3.48. The van der Waals surface area contributed by atoms with Crippen molar-refractivity contribution in [3.8, 4) is 0 Å².